The monoisotopic (exact) mass is 359 g/mol. The average Bonchev–Trinajstić information content (AvgIpc) is 2.59. The van der Waals surface area contributed by atoms with Gasteiger partial charge in [0.15, 0.2) is 0 Å². The third kappa shape index (κ3) is 4.51. The van der Waals surface area contributed by atoms with Crippen LogP contribution in [0.3, 0.4) is 0 Å². The van der Waals surface area contributed by atoms with Gasteiger partial charge in [-0.2, -0.15) is 0 Å². The number of pyridine rings is 1. The van der Waals surface area contributed by atoms with Crippen molar-refractivity contribution in [3.63, 3.8) is 0 Å². The minimum absolute atomic E-state index is 0.303. The minimum atomic E-state index is -3.62. The lowest BCUT2D eigenvalue weighted by atomic mass is 9.95. The van der Waals surface area contributed by atoms with E-state index in [1.807, 2.05) is 25.1 Å². The van der Waals surface area contributed by atoms with Crippen LogP contribution < -0.4 is 10.0 Å². The van der Waals surface area contributed by atoms with Gasteiger partial charge in [-0.3, -0.25) is 4.72 Å². The molecule has 1 aromatic carbocycles. The number of anilines is 2. The van der Waals surface area contributed by atoms with Crippen LogP contribution in [0.25, 0.3) is 0 Å². The molecule has 0 unspecified atom stereocenters. The number of aromatic nitrogens is 1. The molecule has 0 spiro atoms. The maximum absolute atomic E-state index is 12.6. The second kappa shape index (κ2) is 7.44. The Morgan fingerprint density at radius 1 is 1.04 bits per heavy atom. The highest BCUT2D eigenvalue weighted by atomic mass is 32.2. The number of benzene rings is 1. The smallest absolute Gasteiger partial charge is 0.262 e. The largest absolute Gasteiger partial charge is 0.367 e. The molecular formula is C19H25N3O2S. The number of nitrogens with zero attached hydrogens (tertiary/aromatic N) is 1. The van der Waals surface area contributed by atoms with Gasteiger partial charge in [0.1, 0.15) is 5.82 Å². The van der Waals surface area contributed by atoms with Gasteiger partial charge in [-0.25, -0.2) is 13.4 Å². The highest BCUT2D eigenvalue weighted by Crippen LogP contribution is 2.23. The number of aryl methyl sites for hydroxylation is 2. The van der Waals surface area contributed by atoms with Crippen LogP contribution in [-0.2, 0) is 10.0 Å². The molecule has 1 aromatic heterocycles. The fourth-order valence-corrected chi connectivity index (χ4v) is 4.58. The molecule has 1 aliphatic rings. The average molecular weight is 359 g/mol. The molecule has 134 valence electrons. The van der Waals surface area contributed by atoms with E-state index in [1.54, 1.807) is 25.3 Å². The lowest BCUT2D eigenvalue weighted by molar-refractivity contribution is 0.462. The van der Waals surface area contributed by atoms with Gasteiger partial charge in [-0.1, -0.05) is 31.4 Å². The summed E-state index contributed by atoms with van der Waals surface area (Å²) in [7, 11) is -3.62. The van der Waals surface area contributed by atoms with E-state index in [0.29, 0.717) is 16.6 Å². The maximum atomic E-state index is 12.6. The molecule has 0 saturated heterocycles. The molecule has 0 amide bonds. The van der Waals surface area contributed by atoms with E-state index in [0.717, 1.165) is 16.9 Å². The molecule has 2 aromatic rings. The van der Waals surface area contributed by atoms with Crippen molar-refractivity contribution in [2.75, 3.05) is 10.0 Å². The van der Waals surface area contributed by atoms with Gasteiger partial charge in [0.05, 0.1) is 16.8 Å². The normalized spacial score (nSPS) is 15.8. The van der Waals surface area contributed by atoms with Gasteiger partial charge in [-0.15, -0.1) is 0 Å². The highest BCUT2D eigenvalue weighted by molar-refractivity contribution is 7.92. The van der Waals surface area contributed by atoms with Gasteiger partial charge in [0.25, 0.3) is 10.0 Å². The number of hydrogen-bond acceptors (Lipinski definition) is 4. The minimum Gasteiger partial charge on any atom is -0.367 e. The van der Waals surface area contributed by atoms with Gasteiger partial charge in [0.2, 0.25) is 0 Å². The Morgan fingerprint density at radius 2 is 1.80 bits per heavy atom. The molecule has 1 fully saturated rings. The molecule has 0 bridgehead atoms. The number of hydrogen-bond donors (Lipinski definition) is 2. The Bertz CT molecular complexity index is 826. The first-order valence-corrected chi connectivity index (χ1v) is 10.2. The molecule has 1 saturated carbocycles. The van der Waals surface area contributed by atoms with Crippen molar-refractivity contribution < 1.29 is 8.42 Å². The summed E-state index contributed by atoms with van der Waals surface area (Å²) < 4.78 is 27.9. The van der Waals surface area contributed by atoms with E-state index < -0.39 is 10.0 Å². The Labute approximate surface area is 149 Å². The topological polar surface area (TPSA) is 71.1 Å². The van der Waals surface area contributed by atoms with Gasteiger partial charge < -0.3 is 5.32 Å². The summed E-state index contributed by atoms with van der Waals surface area (Å²) in [5.41, 5.74) is 2.10. The molecule has 0 aliphatic heterocycles. The van der Waals surface area contributed by atoms with E-state index in [-0.39, 0.29) is 0 Å². The van der Waals surface area contributed by atoms with E-state index in [9.17, 15) is 8.42 Å². The Kier molecular flexibility index (Phi) is 5.27. The Balaban J connectivity index is 1.71. The summed E-state index contributed by atoms with van der Waals surface area (Å²) in [5.74, 6) is 0.793. The second-order valence-corrected chi connectivity index (χ2v) is 8.44. The number of sulfonamides is 1. The molecule has 3 rings (SSSR count). The SMILES string of the molecule is Cc1ccc(C)c(S(=O)(=O)Nc2ccc(NC3CCCCC3)nc2)c1. The van der Waals surface area contributed by atoms with Crippen molar-refractivity contribution in [1.82, 2.24) is 4.98 Å². The Morgan fingerprint density at radius 3 is 2.48 bits per heavy atom. The predicted molar refractivity (Wildman–Crippen MR) is 101 cm³/mol. The van der Waals surface area contributed by atoms with Gasteiger partial charge >= 0.3 is 0 Å². The summed E-state index contributed by atoms with van der Waals surface area (Å²) >= 11 is 0. The lowest BCUT2D eigenvalue weighted by Gasteiger charge is -2.23. The molecule has 25 heavy (non-hydrogen) atoms. The standard InChI is InChI=1S/C19H25N3O2S/c1-14-8-9-15(2)18(12-14)25(23,24)22-17-10-11-19(20-13-17)21-16-6-4-3-5-7-16/h8-13,16,22H,3-7H2,1-2H3,(H,20,21). The fourth-order valence-electron chi connectivity index (χ4n) is 3.20. The number of rotatable bonds is 5. The third-order valence-electron chi connectivity index (χ3n) is 4.61. The van der Waals surface area contributed by atoms with Crippen molar-refractivity contribution in [1.29, 1.82) is 0 Å². The first kappa shape index (κ1) is 17.7. The lowest BCUT2D eigenvalue weighted by Crippen LogP contribution is -2.22. The molecule has 2 N–H and O–H groups in total. The van der Waals surface area contributed by atoms with Gasteiger partial charge in [-0.05, 0) is 56.0 Å². The summed E-state index contributed by atoms with van der Waals surface area (Å²) in [5, 5.41) is 3.43. The van der Waals surface area contributed by atoms with Crippen LogP contribution in [0.2, 0.25) is 0 Å². The first-order chi connectivity index (χ1) is 11.9. The molecule has 0 radical (unpaired) electrons. The molecule has 0 atom stereocenters. The summed E-state index contributed by atoms with van der Waals surface area (Å²) in [6.45, 7) is 3.68. The molecule has 1 heterocycles. The molecule has 6 heteroatoms. The van der Waals surface area contributed by atoms with Crippen molar-refractivity contribution in [3.05, 3.63) is 47.7 Å². The summed E-state index contributed by atoms with van der Waals surface area (Å²) in [6, 6.07) is 9.46. The van der Waals surface area contributed by atoms with Crippen LogP contribution >= 0.6 is 0 Å². The summed E-state index contributed by atoms with van der Waals surface area (Å²) in [4.78, 5) is 4.66. The van der Waals surface area contributed by atoms with Crippen molar-refractivity contribution >= 4 is 21.5 Å². The van der Waals surface area contributed by atoms with Crippen LogP contribution in [0.4, 0.5) is 11.5 Å². The second-order valence-electron chi connectivity index (χ2n) is 6.79. The van der Waals surface area contributed by atoms with Crippen molar-refractivity contribution in [2.24, 2.45) is 0 Å². The van der Waals surface area contributed by atoms with Crippen LogP contribution in [-0.4, -0.2) is 19.4 Å². The van der Waals surface area contributed by atoms with Crippen LogP contribution in [0, 0.1) is 13.8 Å². The maximum Gasteiger partial charge on any atom is 0.262 e. The molecule has 5 nitrogen and oxygen atoms in total. The quantitative estimate of drug-likeness (QED) is 0.837. The van der Waals surface area contributed by atoms with Crippen LogP contribution in [0.15, 0.2) is 41.4 Å². The third-order valence-corrected chi connectivity index (χ3v) is 6.13. The number of nitrogens with one attached hydrogen (secondary N) is 2. The molecule has 1 aliphatic carbocycles. The van der Waals surface area contributed by atoms with Crippen molar-refractivity contribution in [2.45, 2.75) is 56.9 Å². The molecular weight excluding hydrogens is 334 g/mol. The Hall–Kier alpha value is -2.08. The zero-order chi connectivity index (χ0) is 17.9. The fraction of sp³-hybridized carbons (Fsp3) is 0.421. The van der Waals surface area contributed by atoms with E-state index in [1.165, 1.54) is 32.1 Å². The van der Waals surface area contributed by atoms with E-state index in [2.05, 4.69) is 15.0 Å². The predicted octanol–water partition coefficient (Wildman–Crippen LogP) is 4.24. The van der Waals surface area contributed by atoms with Gasteiger partial charge in [0, 0.05) is 6.04 Å². The summed E-state index contributed by atoms with van der Waals surface area (Å²) in [6.07, 6.45) is 7.72. The zero-order valence-electron chi connectivity index (χ0n) is 14.7. The zero-order valence-corrected chi connectivity index (χ0v) is 15.6. The first-order valence-electron chi connectivity index (χ1n) is 8.77. The van der Waals surface area contributed by atoms with E-state index in [4.69, 9.17) is 0 Å². The van der Waals surface area contributed by atoms with Crippen LogP contribution in [0.5, 0.6) is 0 Å². The van der Waals surface area contributed by atoms with E-state index >= 15 is 0 Å². The highest BCUT2D eigenvalue weighted by Gasteiger charge is 2.18. The van der Waals surface area contributed by atoms with Crippen molar-refractivity contribution in [3.8, 4) is 0 Å². The van der Waals surface area contributed by atoms with Crippen LogP contribution in [0.1, 0.15) is 43.2 Å².